The van der Waals surface area contributed by atoms with Crippen molar-refractivity contribution in [3.8, 4) is 0 Å². The number of urea groups is 1. The van der Waals surface area contributed by atoms with E-state index < -0.39 is 11.6 Å². The molecule has 55 heavy (non-hydrogen) atoms. The van der Waals surface area contributed by atoms with Gasteiger partial charge in [-0.3, -0.25) is 0 Å². The molecule has 4 aromatic rings. The van der Waals surface area contributed by atoms with Crippen LogP contribution in [-0.2, 0) is 49.4 Å². The number of hydrogen-bond acceptors (Lipinski definition) is 8. The zero-order chi connectivity index (χ0) is 38.4. The van der Waals surface area contributed by atoms with E-state index in [2.05, 4.69) is 88.7 Å². The van der Waals surface area contributed by atoms with Crippen LogP contribution in [0.1, 0.15) is 49.9 Å². The van der Waals surface area contributed by atoms with Gasteiger partial charge < -0.3 is 39.6 Å². The number of amides is 2. The molecule has 4 aliphatic heterocycles. The quantitative estimate of drug-likeness (QED) is 0.192. The number of ether oxygens (including phenoxy) is 5. The largest absolute Gasteiger partial charge is 0.469 e. The van der Waals surface area contributed by atoms with Gasteiger partial charge in [0.25, 0.3) is 6.02 Å². The minimum atomic E-state index is -0.678. The lowest BCUT2D eigenvalue weighted by Gasteiger charge is -2.27. The van der Waals surface area contributed by atoms with Crippen molar-refractivity contribution in [2.75, 3.05) is 7.11 Å². The first-order valence-corrected chi connectivity index (χ1v) is 19.4. The van der Waals surface area contributed by atoms with E-state index >= 15 is 0 Å². The Balaban J connectivity index is 0.000000169. The fourth-order valence-corrected chi connectivity index (χ4v) is 8.14. The van der Waals surface area contributed by atoms with Gasteiger partial charge in [-0.25, -0.2) is 9.79 Å². The van der Waals surface area contributed by atoms with Crippen LogP contribution >= 0.6 is 0 Å². The third-order valence-electron chi connectivity index (χ3n) is 10.5. The van der Waals surface area contributed by atoms with Crippen LogP contribution in [-0.4, -0.2) is 79.3 Å². The van der Waals surface area contributed by atoms with Crippen molar-refractivity contribution < 1.29 is 28.5 Å². The summed E-state index contributed by atoms with van der Waals surface area (Å²) in [6.07, 6.45) is 2.28. The SMILES string of the molecule is CC1(C)O[C@@H]2[C@@H](O1)[C@@H](Cc1ccccc1)NC(=O)N[C@@H]2Cc1ccccc1.COC1=N[C@H](Cc2ccccc2)C2OC(C)(C)OC2[C@@H](Cc2ccccc2)N1. The number of carbonyl (C=O) groups excluding carboxylic acids is 1. The van der Waals surface area contributed by atoms with E-state index in [0.717, 1.165) is 24.0 Å². The number of aliphatic imine (C=N–C) groups is 1. The predicted octanol–water partition coefficient (Wildman–Crippen LogP) is 6.38. The molecule has 2 unspecified atom stereocenters. The Morgan fingerprint density at radius 1 is 0.509 bits per heavy atom. The lowest BCUT2D eigenvalue weighted by Crippen LogP contribution is -2.48. The van der Waals surface area contributed by atoms with Gasteiger partial charge in [-0.1, -0.05) is 121 Å². The number of amidine groups is 1. The van der Waals surface area contributed by atoms with Gasteiger partial charge >= 0.3 is 6.03 Å². The highest BCUT2D eigenvalue weighted by atomic mass is 16.8. The lowest BCUT2D eigenvalue weighted by molar-refractivity contribution is -0.151. The molecule has 4 aliphatic rings. The van der Waals surface area contributed by atoms with Crippen molar-refractivity contribution in [3.05, 3.63) is 144 Å². The number of methoxy groups -OCH3 is 1. The molecule has 10 heteroatoms. The van der Waals surface area contributed by atoms with Crippen LogP contribution in [0, 0.1) is 0 Å². The molecule has 3 saturated heterocycles. The van der Waals surface area contributed by atoms with Crippen molar-refractivity contribution in [1.82, 2.24) is 16.0 Å². The monoisotopic (exact) mass is 746 g/mol. The van der Waals surface area contributed by atoms with E-state index in [4.69, 9.17) is 28.7 Å². The van der Waals surface area contributed by atoms with Crippen LogP contribution in [0.5, 0.6) is 0 Å². The van der Waals surface area contributed by atoms with Crippen molar-refractivity contribution in [2.24, 2.45) is 4.99 Å². The van der Waals surface area contributed by atoms with E-state index in [1.54, 1.807) is 7.11 Å². The fraction of sp³-hybridized carbons (Fsp3) is 0.422. The van der Waals surface area contributed by atoms with Crippen molar-refractivity contribution in [2.45, 2.75) is 114 Å². The maximum Gasteiger partial charge on any atom is 0.315 e. The molecular formula is C45H54N4O6. The van der Waals surface area contributed by atoms with E-state index in [1.807, 2.05) is 76.2 Å². The maximum atomic E-state index is 12.5. The average Bonchev–Trinajstić information content (AvgIpc) is 3.62. The summed E-state index contributed by atoms with van der Waals surface area (Å²) in [6.45, 7) is 7.81. The van der Waals surface area contributed by atoms with E-state index in [0.29, 0.717) is 18.9 Å². The van der Waals surface area contributed by atoms with Crippen molar-refractivity contribution in [3.63, 3.8) is 0 Å². The van der Waals surface area contributed by atoms with Crippen LogP contribution < -0.4 is 16.0 Å². The fourth-order valence-electron chi connectivity index (χ4n) is 8.14. The smallest absolute Gasteiger partial charge is 0.315 e. The summed E-state index contributed by atoms with van der Waals surface area (Å²) in [4.78, 5) is 17.4. The van der Waals surface area contributed by atoms with Gasteiger partial charge in [0.2, 0.25) is 0 Å². The summed E-state index contributed by atoms with van der Waals surface area (Å²) in [6, 6.07) is 41.1. The number of nitrogens with one attached hydrogen (secondary N) is 3. The Hall–Kier alpha value is -4.74. The molecule has 0 bridgehead atoms. The number of benzene rings is 4. The summed E-state index contributed by atoms with van der Waals surface area (Å²) in [5.74, 6) is -1.32. The normalized spacial score (nSPS) is 29.0. The minimum absolute atomic E-state index is 0.00801. The standard InChI is InChI=1S/C23H28N2O3.C22H26N2O3/c1-23(2)27-20-18(14-16-10-6-4-7-11-16)24-22(26-3)25-19(21(20)28-23)15-17-12-8-5-9-13-17;1-22(2)26-19-17(13-15-9-5-3-6-10-15)23-21(25)24-18(20(19)27-22)14-16-11-7-4-8-12-16/h4-13,18-21H,14-15H2,1-3H3,(H,24,25);3-12,17-20H,13-14H2,1-2H3,(H2,23,24,25)/t18-,19-,20?,21?;17-,18-,19+,20+/m11/s1. The molecule has 2 amide bonds. The third kappa shape index (κ3) is 9.93. The van der Waals surface area contributed by atoms with Crippen molar-refractivity contribution >= 4 is 12.1 Å². The van der Waals surface area contributed by atoms with Gasteiger partial charge in [-0.05, 0) is 75.6 Å². The van der Waals surface area contributed by atoms with Crippen LogP contribution in [0.4, 0.5) is 4.79 Å². The zero-order valence-corrected chi connectivity index (χ0v) is 32.4. The Morgan fingerprint density at radius 2 is 0.836 bits per heavy atom. The number of rotatable bonds is 8. The van der Waals surface area contributed by atoms with E-state index in [9.17, 15) is 4.79 Å². The predicted molar refractivity (Wildman–Crippen MR) is 213 cm³/mol. The van der Waals surface area contributed by atoms with Crippen LogP contribution in [0.15, 0.2) is 126 Å². The molecule has 8 rings (SSSR count). The topological polar surface area (TPSA) is 112 Å². The molecule has 4 aromatic carbocycles. The van der Waals surface area contributed by atoms with Gasteiger partial charge in [0, 0.05) is 0 Å². The van der Waals surface area contributed by atoms with Crippen LogP contribution in [0.25, 0.3) is 0 Å². The van der Waals surface area contributed by atoms with Gasteiger partial charge in [0.05, 0.1) is 31.3 Å². The van der Waals surface area contributed by atoms with E-state index in [1.165, 1.54) is 11.1 Å². The number of fused-ring (bicyclic) bond motifs is 2. The Bertz CT molecular complexity index is 1800. The lowest BCUT2D eigenvalue weighted by atomic mass is 9.92. The second-order valence-corrected chi connectivity index (χ2v) is 15.7. The molecule has 0 saturated carbocycles. The molecule has 3 fully saturated rings. The van der Waals surface area contributed by atoms with Crippen molar-refractivity contribution in [1.29, 1.82) is 0 Å². The third-order valence-corrected chi connectivity index (χ3v) is 10.5. The molecule has 0 aliphatic carbocycles. The molecule has 4 heterocycles. The highest BCUT2D eigenvalue weighted by Gasteiger charge is 2.52. The minimum Gasteiger partial charge on any atom is -0.469 e. The first-order chi connectivity index (χ1) is 26.5. The average molecular weight is 747 g/mol. The molecule has 8 atom stereocenters. The number of carbonyl (C=O) groups is 1. The number of hydrogen-bond donors (Lipinski definition) is 3. The van der Waals surface area contributed by atoms with Gasteiger partial charge in [-0.2, -0.15) is 0 Å². The zero-order valence-electron chi connectivity index (χ0n) is 32.4. The van der Waals surface area contributed by atoms with Gasteiger partial charge in [-0.15, -0.1) is 0 Å². The van der Waals surface area contributed by atoms with Crippen LogP contribution in [0.3, 0.4) is 0 Å². The summed E-state index contributed by atoms with van der Waals surface area (Å²) in [5.41, 5.74) is 4.79. The second kappa shape index (κ2) is 17.0. The van der Waals surface area contributed by atoms with Crippen LogP contribution in [0.2, 0.25) is 0 Å². The first-order valence-electron chi connectivity index (χ1n) is 19.4. The highest BCUT2D eigenvalue weighted by molar-refractivity contribution is 5.75. The summed E-state index contributed by atoms with van der Waals surface area (Å²) in [5, 5.41) is 9.66. The Kier molecular flexibility index (Phi) is 11.9. The maximum absolute atomic E-state index is 12.5. The molecule has 0 radical (unpaired) electrons. The Labute approximate surface area is 325 Å². The molecule has 3 N–H and O–H groups in total. The first kappa shape index (κ1) is 38.5. The van der Waals surface area contributed by atoms with E-state index in [-0.39, 0.29) is 54.6 Å². The summed E-state index contributed by atoms with van der Waals surface area (Å²) < 4.78 is 30.8. The molecular weight excluding hydrogens is 693 g/mol. The molecule has 10 nitrogen and oxygen atoms in total. The molecule has 0 spiro atoms. The Morgan fingerprint density at radius 3 is 1.22 bits per heavy atom. The van der Waals surface area contributed by atoms with Gasteiger partial charge in [0.1, 0.15) is 24.4 Å². The summed E-state index contributed by atoms with van der Waals surface area (Å²) >= 11 is 0. The molecule has 290 valence electrons. The second-order valence-electron chi connectivity index (χ2n) is 15.7. The van der Waals surface area contributed by atoms with Gasteiger partial charge in [0.15, 0.2) is 11.6 Å². The summed E-state index contributed by atoms with van der Waals surface area (Å²) in [7, 11) is 1.65. The number of nitrogens with zero attached hydrogens (tertiary/aromatic N) is 1. The molecule has 0 aromatic heterocycles. The highest BCUT2D eigenvalue weighted by Crippen LogP contribution is 2.37.